The molecular formula is C27H27ClN2O. The van der Waals surface area contributed by atoms with Crippen LogP contribution in [0.5, 0.6) is 0 Å². The van der Waals surface area contributed by atoms with Crippen LogP contribution in [0.2, 0.25) is 5.02 Å². The molecule has 1 unspecified atom stereocenters. The van der Waals surface area contributed by atoms with Crippen LogP contribution in [0.25, 0.3) is 10.8 Å². The van der Waals surface area contributed by atoms with Crippen LogP contribution in [0, 0.1) is 0 Å². The lowest BCUT2D eigenvalue weighted by molar-refractivity contribution is 0.0667. The smallest absolute Gasteiger partial charge is 0.254 e. The molecule has 1 amide bonds. The molecule has 4 aromatic rings. The van der Waals surface area contributed by atoms with E-state index < -0.39 is 0 Å². The number of halogens is 1. The van der Waals surface area contributed by atoms with Gasteiger partial charge in [-0.05, 0) is 66.1 Å². The molecule has 0 bridgehead atoms. The normalized spacial score (nSPS) is 12.1. The van der Waals surface area contributed by atoms with Crippen LogP contribution in [0.4, 0.5) is 0 Å². The minimum Gasteiger partial charge on any atom is -0.345 e. The lowest BCUT2D eigenvalue weighted by atomic mass is 10.1. The molecule has 0 N–H and O–H groups in total. The summed E-state index contributed by atoms with van der Waals surface area (Å²) in [6.45, 7) is 5.52. The van der Waals surface area contributed by atoms with Gasteiger partial charge in [0.05, 0.1) is 6.54 Å². The molecule has 3 aromatic carbocycles. The van der Waals surface area contributed by atoms with Gasteiger partial charge in [0, 0.05) is 35.1 Å². The molecule has 0 aliphatic carbocycles. The number of rotatable bonds is 7. The Balaban J connectivity index is 1.60. The molecule has 3 nitrogen and oxygen atoms in total. The van der Waals surface area contributed by atoms with Crippen molar-refractivity contribution in [2.24, 2.45) is 0 Å². The molecule has 4 rings (SSSR count). The van der Waals surface area contributed by atoms with Crippen molar-refractivity contribution in [2.45, 2.75) is 39.4 Å². The first-order valence-electron chi connectivity index (χ1n) is 10.7. The fraction of sp³-hybridized carbons (Fsp3) is 0.222. The second-order valence-corrected chi connectivity index (χ2v) is 8.45. The first-order valence-corrected chi connectivity index (χ1v) is 11.1. The zero-order valence-corrected chi connectivity index (χ0v) is 18.7. The molecule has 0 saturated heterocycles. The third kappa shape index (κ3) is 4.83. The van der Waals surface area contributed by atoms with Crippen molar-refractivity contribution in [3.8, 4) is 0 Å². The van der Waals surface area contributed by atoms with Crippen molar-refractivity contribution in [1.82, 2.24) is 9.47 Å². The van der Waals surface area contributed by atoms with Crippen molar-refractivity contribution in [3.63, 3.8) is 0 Å². The number of carbonyl (C=O) groups excluding carboxylic acids is 1. The summed E-state index contributed by atoms with van der Waals surface area (Å²) in [6.07, 6.45) is 2.96. The van der Waals surface area contributed by atoms with E-state index >= 15 is 0 Å². The van der Waals surface area contributed by atoms with E-state index in [0.717, 1.165) is 45.6 Å². The summed E-state index contributed by atoms with van der Waals surface area (Å²) in [5.74, 6) is 0.0654. The van der Waals surface area contributed by atoms with Gasteiger partial charge >= 0.3 is 0 Å². The van der Waals surface area contributed by atoms with Crippen molar-refractivity contribution in [1.29, 1.82) is 0 Å². The van der Waals surface area contributed by atoms with Crippen LogP contribution < -0.4 is 0 Å². The third-order valence-corrected chi connectivity index (χ3v) is 6.11. The van der Waals surface area contributed by atoms with Crippen LogP contribution in [0.15, 0.2) is 85.1 Å². The number of carbonyl (C=O) groups is 1. The molecule has 158 valence electrons. The highest BCUT2D eigenvalue weighted by molar-refractivity contribution is 6.30. The van der Waals surface area contributed by atoms with Gasteiger partial charge in [-0.3, -0.25) is 4.79 Å². The predicted octanol–water partition coefficient (Wildman–Crippen LogP) is 6.78. The highest BCUT2D eigenvalue weighted by atomic mass is 35.5. The number of aromatic nitrogens is 1. The third-order valence-electron chi connectivity index (χ3n) is 5.88. The lowest BCUT2D eigenvalue weighted by Gasteiger charge is -2.29. The van der Waals surface area contributed by atoms with E-state index in [9.17, 15) is 4.79 Å². The standard InChI is InChI=1S/C27H27ClN2O/c1-3-20(2)30(27(31)24-14-13-22-9-4-5-10-23(22)17-24)19-26-12-7-15-29(26)18-21-8-6-11-25(28)16-21/h4-17,20H,3,18-19H2,1-2H3. The Kier molecular flexibility index (Phi) is 6.43. The van der Waals surface area contributed by atoms with E-state index in [-0.39, 0.29) is 11.9 Å². The van der Waals surface area contributed by atoms with Crippen molar-refractivity contribution in [3.05, 3.63) is 107 Å². The number of fused-ring (bicyclic) bond motifs is 1. The highest BCUT2D eigenvalue weighted by Crippen LogP contribution is 2.21. The zero-order valence-electron chi connectivity index (χ0n) is 18.0. The summed E-state index contributed by atoms with van der Waals surface area (Å²) < 4.78 is 2.19. The number of hydrogen-bond acceptors (Lipinski definition) is 1. The van der Waals surface area contributed by atoms with Crippen LogP contribution in [0.1, 0.15) is 41.9 Å². The van der Waals surface area contributed by atoms with E-state index in [2.05, 4.69) is 48.9 Å². The highest BCUT2D eigenvalue weighted by Gasteiger charge is 2.22. The second-order valence-electron chi connectivity index (χ2n) is 8.01. The van der Waals surface area contributed by atoms with Gasteiger partial charge in [0.2, 0.25) is 0 Å². The SMILES string of the molecule is CCC(C)N(Cc1cccn1Cc1cccc(Cl)c1)C(=O)c1ccc2ccccc2c1. The fourth-order valence-electron chi connectivity index (χ4n) is 3.89. The molecule has 1 aromatic heterocycles. The van der Waals surface area contributed by atoms with E-state index in [1.54, 1.807) is 0 Å². The van der Waals surface area contributed by atoms with Crippen LogP contribution >= 0.6 is 11.6 Å². The molecule has 0 aliphatic rings. The summed E-state index contributed by atoms with van der Waals surface area (Å²) in [4.78, 5) is 15.5. The molecule has 0 saturated carbocycles. The van der Waals surface area contributed by atoms with Gasteiger partial charge in [-0.15, -0.1) is 0 Å². The largest absolute Gasteiger partial charge is 0.345 e. The molecule has 0 radical (unpaired) electrons. The van der Waals surface area contributed by atoms with Gasteiger partial charge in [-0.2, -0.15) is 0 Å². The van der Waals surface area contributed by atoms with E-state index in [1.807, 2.05) is 59.5 Å². The van der Waals surface area contributed by atoms with Crippen molar-refractivity contribution < 1.29 is 4.79 Å². The van der Waals surface area contributed by atoms with Crippen molar-refractivity contribution in [2.75, 3.05) is 0 Å². The zero-order chi connectivity index (χ0) is 21.8. The average molecular weight is 431 g/mol. The Morgan fingerprint density at radius 2 is 1.77 bits per heavy atom. The molecule has 1 atom stereocenters. The molecule has 1 heterocycles. The Bertz CT molecular complexity index is 1200. The van der Waals surface area contributed by atoms with Gasteiger partial charge in [0.15, 0.2) is 0 Å². The topological polar surface area (TPSA) is 25.2 Å². The number of benzene rings is 3. The van der Waals surface area contributed by atoms with Gasteiger partial charge in [0.1, 0.15) is 0 Å². The Morgan fingerprint density at radius 1 is 0.968 bits per heavy atom. The molecule has 0 aliphatic heterocycles. The maximum absolute atomic E-state index is 13.5. The number of hydrogen-bond donors (Lipinski definition) is 0. The summed E-state index contributed by atoms with van der Waals surface area (Å²) in [5.41, 5.74) is 2.97. The summed E-state index contributed by atoms with van der Waals surface area (Å²) >= 11 is 6.16. The van der Waals surface area contributed by atoms with Gasteiger partial charge < -0.3 is 9.47 Å². The van der Waals surface area contributed by atoms with Crippen LogP contribution in [-0.4, -0.2) is 21.4 Å². The van der Waals surface area contributed by atoms with Crippen LogP contribution in [0.3, 0.4) is 0 Å². The molecule has 31 heavy (non-hydrogen) atoms. The quantitative estimate of drug-likeness (QED) is 0.317. The Morgan fingerprint density at radius 3 is 2.55 bits per heavy atom. The first-order chi connectivity index (χ1) is 15.0. The maximum atomic E-state index is 13.5. The summed E-state index contributed by atoms with van der Waals surface area (Å²) in [7, 11) is 0. The van der Waals surface area contributed by atoms with Crippen LogP contribution in [-0.2, 0) is 13.1 Å². The first kappa shape index (κ1) is 21.2. The van der Waals surface area contributed by atoms with Crippen molar-refractivity contribution >= 4 is 28.3 Å². The lowest BCUT2D eigenvalue weighted by Crippen LogP contribution is -2.38. The fourth-order valence-corrected chi connectivity index (χ4v) is 4.10. The molecular weight excluding hydrogens is 404 g/mol. The minimum absolute atomic E-state index is 0.0654. The van der Waals surface area contributed by atoms with Gasteiger partial charge in [-0.25, -0.2) is 0 Å². The Hall–Kier alpha value is -3.04. The second kappa shape index (κ2) is 9.40. The number of nitrogens with zero attached hydrogens (tertiary/aromatic N) is 2. The predicted molar refractivity (Wildman–Crippen MR) is 129 cm³/mol. The van der Waals surface area contributed by atoms with Gasteiger partial charge in [-0.1, -0.05) is 61.0 Å². The molecule has 0 fully saturated rings. The van der Waals surface area contributed by atoms with E-state index in [0.29, 0.717) is 6.54 Å². The maximum Gasteiger partial charge on any atom is 0.254 e. The summed E-state index contributed by atoms with van der Waals surface area (Å²) in [5, 5.41) is 2.96. The van der Waals surface area contributed by atoms with E-state index in [1.165, 1.54) is 0 Å². The molecule has 4 heteroatoms. The Labute approximate surface area is 188 Å². The minimum atomic E-state index is 0.0654. The average Bonchev–Trinajstić information content (AvgIpc) is 3.22. The molecule has 0 spiro atoms. The monoisotopic (exact) mass is 430 g/mol. The summed E-state index contributed by atoms with van der Waals surface area (Å²) in [6, 6.07) is 26.3. The number of amides is 1. The van der Waals surface area contributed by atoms with Gasteiger partial charge in [0.25, 0.3) is 5.91 Å². The van der Waals surface area contributed by atoms with E-state index in [4.69, 9.17) is 11.6 Å².